The number of nitrogens with one attached hydrogen (secondary N) is 1. The van der Waals surface area contributed by atoms with Gasteiger partial charge in [0.05, 0.1) is 6.54 Å². The van der Waals surface area contributed by atoms with Gasteiger partial charge < -0.3 is 15.8 Å². The molecule has 0 unspecified atom stereocenters. The average molecular weight is 269 g/mol. The molecule has 1 saturated carbocycles. The van der Waals surface area contributed by atoms with E-state index >= 15 is 0 Å². The number of amides is 1. The summed E-state index contributed by atoms with van der Waals surface area (Å²) in [4.78, 5) is 14.4. The number of carbonyl (C=O) groups excluding carboxylic acids is 1. The van der Waals surface area contributed by atoms with Crippen molar-refractivity contribution in [1.29, 1.82) is 0 Å². The van der Waals surface area contributed by atoms with E-state index in [1.165, 1.54) is 25.7 Å². The van der Waals surface area contributed by atoms with Gasteiger partial charge in [0.15, 0.2) is 0 Å². The highest BCUT2D eigenvalue weighted by Gasteiger charge is 2.24. The van der Waals surface area contributed by atoms with Gasteiger partial charge in [0.2, 0.25) is 5.91 Å². The minimum Gasteiger partial charge on any atom is -0.381 e. The molecule has 0 radical (unpaired) electrons. The molecule has 110 valence electrons. The molecule has 1 amide bonds. The largest absolute Gasteiger partial charge is 0.381 e. The molecule has 0 bridgehead atoms. The lowest BCUT2D eigenvalue weighted by molar-refractivity contribution is -0.124. The van der Waals surface area contributed by atoms with E-state index in [-0.39, 0.29) is 5.91 Å². The number of nitrogens with two attached hydrogens (primary N) is 1. The molecule has 2 fully saturated rings. The SMILES string of the molecule is NCCN(CC(=O)NC1CCOCC1)C1CCCC1. The van der Waals surface area contributed by atoms with Gasteiger partial charge in [0.25, 0.3) is 0 Å². The summed E-state index contributed by atoms with van der Waals surface area (Å²) >= 11 is 0. The predicted octanol–water partition coefficient (Wildman–Crippen LogP) is 0.485. The van der Waals surface area contributed by atoms with Crippen LogP contribution in [0.5, 0.6) is 0 Å². The summed E-state index contributed by atoms with van der Waals surface area (Å²) in [5.41, 5.74) is 5.67. The molecule has 0 spiro atoms. The van der Waals surface area contributed by atoms with Crippen molar-refractivity contribution in [1.82, 2.24) is 10.2 Å². The van der Waals surface area contributed by atoms with Gasteiger partial charge in [0, 0.05) is 38.4 Å². The number of nitrogens with zero attached hydrogens (tertiary/aromatic N) is 1. The van der Waals surface area contributed by atoms with Crippen LogP contribution in [0.4, 0.5) is 0 Å². The summed E-state index contributed by atoms with van der Waals surface area (Å²) < 4.78 is 5.30. The predicted molar refractivity (Wildman–Crippen MR) is 74.9 cm³/mol. The fourth-order valence-corrected chi connectivity index (χ4v) is 3.13. The Labute approximate surface area is 115 Å². The lowest BCUT2D eigenvalue weighted by Crippen LogP contribution is -2.47. The first-order valence-corrected chi connectivity index (χ1v) is 7.61. The second-order valence-corrected chi connectivity index (χ2v) is 5.65. The normalized spacial score (nSPS) is 22.0. The Hall–Kier alpha value is -0.650. The summed E-state index contributed by atoms with van der Waals surface area (Å²) in [7, 11) is 0. The van der Waals surface area contributed by atoms with Crippen molar-refractivity contribution < 1.29 is 9.53 Å². The Morgan fingerprint density at radius 1 is 1.21 bits per heavy atom. The molecule has 0 aromatic rings. The van der Waals surface area contributed by atoms with Crippen molar-refractivity contribution in [2.75, 3.05) is 32.8 Å². The Bertz CT molecular complexity index is 274. The Balaban J connectivity index is 1.76. The summed E-state index contributed by atoms with van der Waals surface area (Å²) in [6, 6.07) is 0.855. The van der Waals surface area contributed by atoms with Crippen LogP contribution >= 0.6 is 0 Å². The smallest absolute Gasteiger partial charge is 0.234 e. The van der Waals surface area contributed by atoms with Crippen LogP contribution in [0.15, 0.2) is 0 Å². The fraction of sp³-hybridized carbons (Fsp3) is 0.929. The van der Waals surface area contributed by atoms with Gasteiger partial charge in [-0.2, -0.15) is 0 Å². The number of ether oxygens (including phenoxy) is 1. The maximum absolute atomic E-state index is 12.1. The van der Waals surface area contributed by atoms with Crippen LogP contribution in [-0.4, -0.2) is 55.7 Å². The maximum Gasteiger partial charge on any atom is 0.234 e. The number of hydrogen-bond donors (Lipinski definition) is 2. The summed E-state index contributed by atoms with van der Waals surface area (Å²) in [5.74, 6) is 0.146. The molecule has 0 aromatic carbocycles. The molecule has 1 heterocycles. The second kappa shape index (κ2) is 7.82. The van der Waals surface area contributed by atoms with E-state index in [2.05, 4.69) is 10.2 Å². The first-order chi connectivity index (χ1) is 9.29. The molecule has 1 aliphatic carbocycles. The minimum atomic E-state index is 0.146. The monoisotopic (exact) mass is 269 g/mol. The van der Waals surface area contributed by atoms with Crippen molar-refractivity contribution in [3.05, 3.63) is 0 Å². The minimum absolute atomic E-state index is 0.146. The Kier molecular flexibility index (Phi) is 6.07. The van der Waals surface area contributed by atoms with Crippen molar-refractivity contribution >= 4 is 5.91 Å². The van der Waals surface area contributed by atoms with Gasteiger partial charge in [0.1, 0.15) is 0 Å². The lowest BCUT2D eigenvalue weighted by Gasteiger charge is -2.29. The van der Waals surface area contributed by atoms with Crippen LogP contribution in [-0.2, 0) is 9.53 Å². The van der Waals surface area contributed by atoms with Crippen molar-refractivity contribution in [3.63, 3.8) is 0 Å². The molecule has 2 rings (SSSR count). The van der Waals surface area contributed by atoms with Crippen LogP contribution in [0.1, 0.15) is 38.5 Å². The van der Waals surface area contributed by atoms with Crippen LogP contribution in [0.3, 0.4) is 0 Å². The molecular formula is C14H27N3O2. The second-order valence-electron chi connectivity index (χ2n) is 5.65. The van der Waals surface area contributed by atoms with E-state index in [1.54, 1.807) is 0 Å². The molecule has 1 aliphatic heterocycles. The molecule has 1 saturated heterocycles. The zero-order valence-corrected chi connectivity index (χ0v) is 11.8. The zero-order chi connectivity index (χ0) is 13.5. The third-order valence-corrected chi connectivity index (χ3v) is 4.19. The quantitative estimate of drug-likeness (QED) is 0.736. The van der Waals surface area contributed by atoms with E-state index in [4.69, 9.17) is 10.5 Å². The number of carbonyl (C=O) groups is 1. The number of rotatable bonds is 6. The molecule has 3 N–H and O–H groups in total. The first kappa shape index (κ1) is 14.8. The Morgan fingerprint density at radius 2 is 1.89 bits per heavy atom. The summed E-state index contributed by atoms with van der Waals surface area (Å²) in [5, 5.41) is 3.13. The van der Waals surface area contributed by atoms with E-state index in [9.17, 15) is 4.79 Å². The van der Waals surface area contributed by atoms with Gasteiger partial charge in [-0.1, -0.05) is 12.8 Å². The maximum atomic E-state index is 12.1. The van der Waals surface area contributed by atoms with Crippen LogP contribution in [0.2, 0.25) is 0 Å². The van der Waals surface area contributed by atoms with Gasteiger partial charge >= 0.3 is 0 Å². The van der Waals surface area contributed by atoms with Crippen molar-refractivity contribution in [2.45, 2.75) is 50.6 Å². The van der Waals surface area contributed by atoms with Crippen molar-refractivity contribution in [3.8, 4) is 0 Å². The van der Waals surface area contributed by atoms with Crippen molar-refractivity contribution in [2.24, 2.45) is 5.73 Å². The molecule has 0 atom stereocenters. The van der Waals surface area contributed by atoms with Gasteiger partial charge in [-0.25, -0.2) is 0 Å². The summed E-state index contributed by atoms with van der Waals surface area (Å²) in [6.45, 7) is 3.48. The number of hydrogen-bond acceptors (Lipinski definition) is 4. The van der Waals surface area contributed by atoms with Crippen LogP contribution in [0.25, 0.3) is 0 Å². The van der Waals surface area contributed by atoms with Gasteiger partial charge in [-0.05, 0) is 25.7 Å². The van der Waals surface area contributed by atoms with Gasteiger partial charge in [-0.15, -0.1) is 0 Å². The summed E-state index contributed by atoms with van der Waals surface area (Å²) in [6.07, 6.45) is 6.87. The first-order valence-electron chi connectivity index (χ1n) is 7.61. The average Bonchev–Trinajstić information content (AvgIpc) is 2.93. The molecule has 2 aliphatic rings. The molecule has 5 heteroatoms. The third kappa shape index (κ3) is 4.75. The third-order valence-electron chi connectivity index (χ3n) is 4.19. The fourth-order valence-electron chi connectivity index (χ4n) is 3.13. The van der Waals surface area contributed by atoms with Crippen LogP contribution < -0.4 is 11.1 Å². The highest BCUT2D eigenvalue weighted by atomic mass is 16.5. The molecule has 19 heavy (non-hydrogen) atoms. The van der Waals surface area contributed by atoms with Crippen LogP contribution in [0, 0.1) is 0 Å². The topological polar surface area (TPSA) is 67.6 Å². The highest BCUT2D eigenvalue weighted by molar-refractivity contribution is 5.78. The molecule has 0 aromatic heterocycles. The highest BCUT2D eigenvalue weighted by Crippen LogP contribution is 2.22. The molecular weight excluding hydrogens is 242 g/mol. The Morgan fingerprint density at radius 3 is 2.53 bits per heavy atom. The van der Waals surface area contributed by atoms with E-state index < -0.39 is 0 Å². The molecule has 5 nitrogen and oxygen atoms in total. The van der Waals surface area contributed by atoms with E-state index in [0.717, 1.165) is 32.6 Å². The van der Waals surface area contributed by atoms with E-state index in [0.29, 0.717) is 25.2 Å². The van der Waals surface area contributed by atoms with Gasteiger partial charge in [-0.3, -0.25) is 9.69 Å². The lowest BCUT2D eigenvalue weighted by atomic mass is 10.1. The zero-order valence-electron chi connectivity index (χ0n) is 11.8. The van der Waals surface area contributed by atoms with E-state index in [1.807, 2.05) is 0 Å². The standard InChI is InChI=1S/C14H27N3O2/c15-7-8-17(13-3-1-2-4-13)11-14(18)16-12-5-9-19-10-6-12/h12-13H,1-11,15H2,(H,16,18).